The van der Waals surface area contributed by atoms with Crippen molar-refractivity contribution in [3.8, 4) is 0 Å². The van der Waals surface area contributed by atoms with E-state index in [4.69, 9.17) is 12.2 Å². The summed E-state index contributed by atoms with van der Waals surface area (Å²) in [5.74, 6) is 0. The zero-order valence-corrected chi connectivity index (χ0v) is 17.2. The standard InChI is InChI=1S/C18H17BrN2S3/c1-2-13-7-10-23-17(13)18(22)24-16(11-21-9-8-20-12-21)14-3-5-15(19)6-4-14/h3-10,12,16H,2,11H2,1H3. The molecule has 0 aliphatic rings. The van der Waals surface area contributed by atoms with Crippen LogP contribution in [0.25, 0.3) is 0 Å². The molecule has 124 valence electrons. The van der Waals surface area contributed by atoms with Crippen LogP contribution in [0, 0.1) is 0 Å². The van der Waals surface area contributed by atoms with Gasteiger partial charge in [-0.25, -0.2) is 4.98 Å². The molecule has 0 bridgehead atoms. The third-order valence-electron chi connectivity index (χ3n) is 3.74. The SMILES string of the molecule is CCc1ccsc1C(=S)SC(Cn1ccnc1)c1ccc(Br)cc1. The summed E-state index contributed by atoms with van der Waals surface area (Å²) in [5.41, 5.74) is 2.61. The third-order valence-corrected chi connectivity index (χ3v) is 7.12. The van der Waals surface area contributed by atoms with Crippen LogP contribution in [0.2, 0.25) is 0 Å². The van der Waals surface area contributed by atoms with Crippen LogP contribution in [0.1, 0.15) is 28.2 Å². The van der Waals surface area contributed by atoms with Gasteiger partial charge in [0.1, 0.15) is 0 Å². The van der Waals surface area contributed by atoms with Crippen molar-refractivity contribution < 1.29 is 0 Å². The highest BCUT2D eigenvalue weighted by atomic mass is 79.9. The van der Waals surface area contributed by atoms with E-state index in [0.29, 0.717) is 0 Å². The Morgan fingerprint density at radius 2 is 2.12 bits per heavy atom. The van der Waals surface area contributed by atoms with Gasteiger partial charge in [-0.1, -0.05) is 47.2 Å². The van der Waals surface area contributed by atoms with Crippen LogP contribution in [-0.4, -0.2) is 13.7 Å². The Balaban J connectivity index is 1.84. The predicted octanol–water partition coefficient (Wildman–Crippen LogP) is 6.12. The second-order valence-corrected chi connectivity index (χ2v) is 9.04. The lowest BCUT2D eigenvalue weighted by atomic mass is 10.1. The largest absolute Gasteiger partial charge is 0.336 e. The van der Waals surface area contributed by atoms with Gasteiger partial charge in [0.2, 0.25) is 0 Å². The minimum Gasteiger partial charge on any atom is -0.336 e. The van der Waals surface area contributed by atoms with E-state index in [1.165, 1.54) is 16.0 Å². The highest BCUT2D eigenvalue weighted by Gasteiger charge is 2.18. The zero-order chi connectivity index (χ0) is 16.9. The Morgan fingerprint density at radius 1 is 1.33 bits per heavy atom. The molecular formula is C18H17BrN2S3. The first-order valence-corrected chi connectivity index (χ1v) is 10.6. The molecule has 0 spiro atoms. The van der Waals surface area contributed by atoms with Gasteiger partial charge in [-0.15, -0.1) is 23.1 Å². The highest BCUT2D eigenvalue weighted by Crippen LogP contribution is 2.36. The van der Waals surface area contributed by atoms with E-state index < -0.39 is 0 Å². The molecule has 0 amide bonds. The summed E-state index contributed by atoms with van der Waals surface area (Å²) in [4.78, 5) is 5.40. The summed E-state index contributed by atoms with van der Waals surface area (Å²) >= 11 is 12.8. The molecule has 2 heterocycles. The van der Waals surface area contributed by atoms with Crippen molar-refractivity contribution in [2.75, 3.05) is 0 Å². The minimum absolute atomic E-state index is 0.256. The predicted molar refractivity (Wildman–Crippen MR) is 112 cm³/mol. The molecule has 0 fully saturated rings. The molecule has 0 N–H and O–H groups in total. The van der Waals surface area contributed by atoms with E-state index in [1.54, 1.807) is 23.1 Å². The summed E-state index contributed by atoms with van der Waals surface area (Å²) in [5, 5.41) is 2.39. The maximum Gasteiger partial charge on any atom is 0.0946 e. The number of halogens is 1. The van der Waals surface area contributed by atoms with Crippen molar-refractivity contribution in [2.24, 2.45) is 0 Å². The monoisotopic (exact) mass is 436 g/mol. The Bertz CT molecular complexity index is 794. The summed E-state index contributed by atoms with van der Waals surface area (Å²) in [6.07, 6.45) is 6.69. The quantitative estimate of drug-likeness (QED) is 0.433. The molecule has 0 aliphatic heterocycles. The van der Waals surface area contributed by atoms with Crippen LogP contribution >= 0.6 is 51.2 Å². The van der Waals surface area contributed by atoms with Gasteiger partial charge in [-0.3, -0.25) is 0 Å². The fourth-order valence-corrected chi connectivity index (χ4v) is 5.49. The van der Waals surface area contributed by atoms with Gasteiger partial charge in [0, 0.05) is 23.4 Å². The van der Waals surface area contributed by atoms with Crippen LogP contribution in [0.4, 0.5) is 0 Å². The molecule has 1 aromatic carbocycles. The normalized spacial score (nSPS) is 12.2. The average Bonchev–Trinajstić information content (AvgIpc) is 3.26. The highest BCUT2D eigenvalue weighted by molar-refractivity contribution is 9.10. The fourth-order valence-electron chi connectivity index (χ4n) is 2.45. The first-order valence-electron chi connectivity index (χ1n) is 7.66. The Hall–Kier alpha value is -0.950. The van der Waals surface area contributed by atoms with Crippen LogP contribution < -0.4 is 0 Å². The minimum atomic E-state index is 0.256. The molecule has 0 saturated carbocycles. The first-order chi connectivity index (χ1) is 11.7. The van der Waals surface area contributed by atoms with Gasteiger partial charge in [0.15, 0.2) is 0 Å². The lowest BCUT2D eigenvalue weighted by Crippen LogP contribution is -2.08. The van der Waals surface area contributed by atoms with Crippen LogP contribution in [0.15, 0.2) is 58.9 Å². The average molecular weight is 437 g/mol. The molecule has 0 aliphatic carbocycles. The number of thiocarbonyl (C=S) groups is 1. The maximum atomic E-state index is 5.76. The fraction of sp³-hybridized carbons (Fsp3) is 0.222. The number of thiophene rings is 1. The van der Waals surface area contributed by atoms with Crippen molar-refractivity contribution in [1.29, 1.82) is 0 Å². The number of rotatable bonds is 6. The molecule has 2 nitrogen and oxygen atoms in total. The summed E-state index contributed by atoms with van der Waals surface area (Å²) in [6, 6.07) is 10.7. The van der Waals surface area contributed by atoms with Crippen molar-refractivity contribution >= 4 is 55.4 Å². The number of aryl methyl sites for hydroxylation is 1. The van der Waals surface area contributed by atoms with Crippen molar-refractivity contribution in [1.82, 2.24) is 9.55 Å². The second-order valence-electron chi connectivity index (χ2n) is 5.33. The molecule has 6 heteroatoms. The third kappa shape index (κ3) is 4.36. The number of aromatic nitrogens is 2. The Kier molecular flexibility index (Phi) is 6.27. The van der Waals surface area contributed by atoms with Crippen molar-refractivity contribution in [2.45, 2.75) is 25.1 Å². The summed E-state index contributed by atoms with van der Waals surface area (Å²) < 4.78 is 4.18. The van der Waals surface area contributed by atoms with Crippen molar-refractivity contribution in [3.05, 3.63) is 74.9 Å². The van der Waals surface area contributed by atoms with Crippen LogP contribution in [0.5, 0.6) is 0 Å². The van der Waals surface area contributed by atoms with Gasteiger partial charge in [-0.2, -0.15) is 0 Å². The van der Waals surface area contributed by atoms with E-state index in [9.17, 15) is 0 Å². The lowest BCUT2D eigenvalue weighted by Gasteiger charge is -2.18. The summed E-state index contributed by atoms with van der Waals surface area (Å²) in [7, 11) is 0. The smallest absolute Gasteiger partial charge is 0.0946 e. The van der Waals surface area contributed by atoms with E-state index in [1.807, 2.05) is 18.7 Å². The summed E-state index contributed by atoms with van der Waals surface area (Å²) in [6.45, 7) is 3.02. The first kappa shape index (κ1) is 17.9. The van der Waals surface area contributed by atoms with Crippen LogP contribution in [-0.2, 0) is 13.0 Å². The van der Waals surface area contributed by atoms with E-state index >= 15 is 0 Å². The molecule has 1 unspecified atom stereocenters. The van der Waals surface area contributed by atoms with Gasteiger partial charge >= 0.3 is 0 Å². The number of nitrogens with zero attached hydrogens (tertiary/aromatic N) is 2. The van der Waals surface area contributed by atoms with Gasteiger partial charge in [0.25, 0.3) is 0 Å². The van der Waals surface area contributed by atoms with Gasteiger partial charge < -0.3 is 4.57 Å². The molecule has 24 heavy (non-hydrogen) atoms. The van der Waals surface area contributed by atoms with Gasteiger partial charge in [-0.05, 0) is 41.1 Å². The van der Waals surface area contributed by atoms with E-state index in [0.717, 1.165) is 21.6 Å². The number of thioether (sulfide) groups is 1. The molecule has 2 aromatic heterocycles. The van der Waals surface area contributed by atoms with Gasteiger partial charge in [0.05, 0.1) is 20.7 Å². The topological polar surface area (TPSA) is 17.8 Å². The maximum absolute atomic E-state index is 5.76. The van der Waals surface area contributed by atoms with Crippen LogP contribution in [0.3, 0.4) is 0 Å². The zero-order valence-electron chi connectivity index (χ0n) is 13.2. The number of imidazole rings is 1. The lowest BCUT2D eigenvalue weighted by molar-refractivity contribution is 0.685. The van der Waals surface area contributed by atoms with E-state index in [-0.39, 0.29) is 5.25 Å². The molecule has 3 rings (SSSR count). The van der Waals surface area contributed by atoms with Crippen molar-refractivity contribution in [3.63, 3.8) is 0 Å². The molecule has 3 aromatic rings. The second kappa shape index (κ2) is 8.43. The number of benzene rings is 1. The molecule has 0 radical (unpaired) electrons. The molecule has 0 saturated heterocycles. The number of hydrogen-bond acceptors (Lipinski definition) is 4. The molecule has 1 atom stereocenters. The molecular weight excluding hydrogens is 420 g/mol. The number of hydrogen-bond donors (Lipinski definition) is 0. The van der Waals surface area contributed by atoms with E-state index in [2.05, 4.69) is 68.1 Å². The Labute approximate surface area is 164 Å². The Morgan fingerprint density at radius 3 is 2.79 bits per heavy atom.